The van der Waals surface area contributed by atoms with Crippen LogP contribution in [0.3, 0.4) is 0 Å². The Morgan fingerprint density at radius 1 is 1.07 bits per heavy atom. The second-order valence-corrected chi connectivity index (χ2v) is 11.1. The van der Waals surface area contributed by atoms with E-state index in [1.165, 1.54) is 0 Å². The van der Waals surface area contributed by atoms with Gasteiger partial charge in [-0.2, -0.15) is 12.6 Å². The maximum atomic E-state index is 12.0. The number of nitrogens with one attached hydrogen (secondary N) is 1. The molecule has 30 heavy (non-hydrogen) atoms. The molecule has 0 heterocycles. The number of rotatable bonds is 8. The summed E-state index contributed by atoms with van der Waals surface area (Å²) in [6.45, 7) is 0. The molecular formula is C18H16I4N2O5S. The molecule has 1 amide bonds. The molecule has 2 unspecified atom stereocenters. The Bertz CT molecular complexity index is 930. The van der Waals surface area contributed by atoms with Crippen LogP contribution in [0.2, 0.25) is 0 Å². The van der Waals surface area contributed by atoms with Crippen LogP contribution in [0.15, 0.2) is 24.3 Å². The number of thiol groups is 1. The summed E-state index contributed by atoms with van der Waals surface area (Å²) in [5.41, 5.74) is 6.35. The van der Waals surface area contributed by atoms with Crippen molar-refractivity contribution in [2.75, 3.05) is 5.75 Å². The van der Waals surface area contributed by atoms with Gasteiger partial charge in [0.25, 0.3) is 0 Å². The van der Waals surface area contributed by atoms with Crippen LogP contribution < -0.4 is 15.8 Å². The van der Waals surface area contributed by atoms with E-state index >= 15 is 0 Å². The van der Waals surface area contributed by atoms with E-state index < -0.39 is 24.0 Å². The molecule has 2 atom stereocenters. The van der Waals surface area contributed by atoms with E-state index in [0.29, 0.717) is 18.6 Å². The van der Waals surface area contributed by atoms with Crippen LogP contribution in [0.5, 0.6) is 17.2 Å². The molecule has 0 aliphatic carbocycles. The molecule has 0 bridgehead atoms. The number of phenols is 1. The fraction of sp³-hybridized carbons (Fsp3) is 0.222. The van der Waals surface area contributed by atoms with Crippen LogP contribution in [0.4, 0.5) is 0 Å². The maximum Gasteiger partial charge on any atom is 0.326 e. The van der Waals surface area contributed by atoms with Crippen molar-refractivity contribution in [2.45, 2.75) is 18.5 Å². The van der Waals surface area contributed by atoms with Crippen LogP contribution >= 0.6 is 103 Å². The Kier molecular flexibility index (Phi) is 10.5. The van der Waals surface area contributed by atoms with Gasteiger partial charge in [0, 0.05) is 12.2 Å². The summed E-state index contributed by atoms with van der Waals surface area (Å²) in [6.07, 6.45) is 0.0989. The Labute approximate surface area is 233 Å². The maximum absolute atomic E-state index is 12.0. The molecule has 0 radical (unpaired) electrons. The van der Waals surface area contributed by atoms with Crippen LogP contribution in [-0.2, 0) is 16.0 Å². The number of ether oxygens (including phenoxy) is 1. The summed E-state index contributed by atoms with van der Waals surface area (Å²) in [5.74, 6) is -0.157. The van der Waals surface area contributed by atoms with Gasteiger partial charge < -0.3 is 26.0 Å². The number of amides is 1. The first-order valence-electron chi connectivity index (χ1n) is 8.26. The monoisotopic (exact) mass is 880 g/mol. The van der Waals surface area contributed by atoms with Crippen molar-refractivity contribution >= 4 is 115 Å². The number of carbonyl (C=O) groups is 2. The lowest BCUT2D eigenvalue weighted by atomic mass is 10.1. The lowest BCUT2D eigenvalue weighted by Gasteiger charge is -2.18. The van der Waals surface area contributed by atoms with Gasteiger partial charge in [0.2, 0.25) is 5.91 Å². The number of aliphatic carboxylic acids is 1. The third-order valence-corrected chi connectivity index (χ3v) is 7.50. The summed E-state index contributed by atoms with van der Waals surface area (Å²) in [7, 11) is 0. The van der Waals surface area contributed by atoms with Crippen molar-refractivity contribution < 1.29 is 24.5 Å². The Hall–Kier alpha value is 0.210. The van der Waals surface area contributed by atoms with Gasteiger partial charge in [-0.15, -0.1) is 0 Å². The normalized spacial score (nSPS) is 12.9. The minimum atomic E-state index is -1.15. The molecule has 2 aromatic carbocycles. The highest BCUT2D eigenvalue weighted by Gasteiger charge is 2.24. The lowest BCUT2D eigenvalue weighted by Crippen LogP contribution is -2.50. The largest absolute Gasteiger partial charge is 0.506 e. The molecule has 0 fully saturated rings. The van der Waals surface area contributed by atoms with Gasteiger partial charge >= 0.3 is 5.97 Å². The van der Waals surface area contributed by atoms with Gasteiger partial charge in [0.1, 0.15) is 17.5 Å². The molecule has 5 N–H and O–H groups in total. The molecule has 2 rings (SSSR count). The fourth-order valence-corrected chi connectivity index (χ4v) is 6.34. The number of hydrogen-bond donors (Lipinski definition) is 5. The quantitative estimate of drug-likeness (QED) is 0.203. The third-order valence-electron chi connectivity index (χ3n) is 3.86. The van der Waals surface area contributed by atoms with Crippen molar-refractivity contribution in [3.8, 4) is 17.2 Å². The molecule has 12 heteroatoms. The van der Waals surface area contributed by atoms with Gasteiger partial charge in [-0.3, -0.25) is 4.79 Å². The number of aromatic hydroxyl groups is 1. The molecule has 0 spiro atoms. The van der Waals surface area contributed by atoms with Gasteiger partial charge in [0.15, 0.2) is 5.75 Å². The second kappa shape index (κ2) is 11.9. The van der Waals surface area contributed by atoms with E-state index in [1.54, 1.807) is 12.1 Å². The molecule has 0 aliphatic heterocycles. The second-order valence-electron chi connectivity index (χ2n) is 6.12. The number of hydrogen-bond acceptors (Lipinski definition) is 6. The summed E-state index contributed by atoms with van der Waals surface area (Å²) in [6, 6.07) is 5.12. The zero-order valence-corrected chi connectivity index (χ0v) is 24.6. The highest BCUT2D eigenvalue weighted by atomic mass is 127. The number of carbonyl (C=O) groups excluding carboxylic acids is 1. The number of phenolic OH excluding ortho intramolecular Hbond substituents is 1. The zero-order valence-electron chi connectivity index (χ0n) is 15.0. The van der Waals surface area contributed by atoms with Crippen molar-refractivity contribution in [1.29, 1.82) is 0 Å². The number of halogens is 4. The molecule has 0 saturated carbocycles. The van der Waals surface area contributed by atoms with Crippen LogP contribution in [0.25, 0.3) is 0 Å². The van der Waals surface area contributed by atoms with Gasteiger partial charge in [-0.1, -0.05) is 0 Å². The summed E-state index contributed by atoms with van der Waals surface area (Å²) in [4.78, 5) is 23.6. The molecular weight excluding hydrogens is 864 g/mol. The van der Waals surface area contributed by atoms with E-state index in [0.717, 1.165) is 12.7 Å². The number of benzene rings is 2. The van der Waals surface area contributed by atoms with Gasteiger partial charge in [-0.25, -0.2) is 4.79 Å². The molecule has 162 valence electrons. The van der Waals surface area contributed by atoms with Crippen LogP contribution in [0, 0.1) is 14.3 Å². The molecule has 2 aromatic rings. The van der Waals surface area contributed by atoms with Gasteiger partial charge in [-0.05, 0) is 120 Å². The minimum absolute atomic E-state index is 0.0989. The standard InChI is InChI=1S/C18H16I4N2O5S/c19-9-4-8(5-10(20)15(9)25)29-16-11(21)1-7(2-12(16)22)3-14(18(27)28)24-17(26)13(23)6-30/h1-2,4-5,13-14,25,30H,3,6,23H2,(H,24,26)(H,27,28). The summed E-state index contributed by atoms with van der Waals surface area (Å²) in [5, 5.41) is 21.8. The minimum Gasteiger partial charge on any atom is -0.506 e. The van der Waals surface area contributed by atoms with E-state index in [1.807, 2.05) is 57.3 Å². The fourth-order valence-electron chi connectivity index (χ4n) is 2.34. The first-order chi connectivity index (χ1) is 14.0. The summed E-state index contributed by atoms with van der Waals surface area (Å²) >= 11 is 12.3. The summed E-state index contributed by atoms with van der Waals surface area (Å²) < 4.78 is 8.96. The van der Waals surface area contributed by atoms with E-state index in [-0.39, 0.29) is 17.9 Å². The Morgan fingerprint density at radius 3 is 2.07 bits per heavy atom. The first kappa shape index (κ1) is 26.5. The average Bonchev–Trinajstić information content (AvgIpc) is 2.67. The number of carboxylic acid groups (broad SMARTS) is 1. The van der Waals surface area contributed by atoms with Crippen molar-refractivity contribution in [3.05, 3.63) is 44.1 Å². The van der Waals surface area contributed by atoms with E-state index in [2.05, 4.69) is 63.1 Å². The van der Waals surface area contributed by atoms with Crippen LogP contribution in [-0.4, -0.2) is 39.9 Å². The third kappa shape index (κ3) is 7.11. The predicted octanol–water partition coefficient (Wildman–Crippen LogP) is 3.97. The van der Waals surface area contributed by atoms with Crippen LogP contribution in [0.1, 0.15) is 5.56 Å². The van der Waals surface area contributed by atoms with Crippen molar-refractivity contribution in [2.24, 2.45) is 5.73 Å². The zero-order chi connectivity index (χ0) is 22.6. The van der Waals surface area contributed by atoms with Crippen molar-refractivity contribution in [3.63, 3.8) is 0 Å². The van der Waals surface area contributed by atoms with Crippen molar-refractivity contribution in [1.82, 2.24) is 5.32 Å². The molecule has 7 nitrogen and oxygen atoms in total. The number of carboxylic acids is 1. The van der Waals surface area contributed by atoms with E-state index in [9.17, 15) is 19.8 Å². The molecule has 0 aromatic heterocycles. The average molecular weight is 880 g/mol. The van der Waals surface area contributed by atoms with Gasteiger partial charge in [0.05, 0.1) is 20.3 Å². The molecule has 0 saturated heterocycles. The number of nitrogens with two attached hydrogens (primary N) is 1. The SMILES string of the molecule is NC(CS)C(=O)NC(Cc1cc(I)c(Oc2cc(I)c(O)c(I)c2)c(I)c1)C(=O)O. The lowest BCUT2D eigenvalue weighted by molar-refractivity contribution is -0.141. The van der Waals surface area contributed by atoms with E-state index in [4.69, 9.17) is 10.5 Å². The smallest absolute Gasteiger partial charge is 0.326 e. The predicted molar refractivity (Wildman–Crippen MR) is 151 cm³/mol. The Morgan fingerprint density at radius 2 is 1.60 bits per heavy atom. The molecule has 0 aliphatic rings. The highest BCUT2D eigenvalue weighted by molar-refractivity contribution is 14.1. The highest BCUT2D eigenvalue weighted by Crippen LogP contribution is 2.37. The Balaban J connectivity index is 2.24. The first-order valence-corrected chi connectivity index (χ1v) is 13.2. The topological polar surface area (TPSA) is 122 Å².